The molecule has 0 radical (unpaired) electrons. The first-order chi connectivity index (χ1) is 9.65. The van der Waals surface area contributed by atoms with Crippen molar-refractivity contribution in [3.05, 3.63) is 17.5 Å². The molecule has 2 aliphatic rings. The van der Waals surface area contributed by atoms with Crippen LogP contribution in [0.1, 0.15) is 47.8 Å². The van der Waals surface area contributed by atoms with Gasteiger partial charge < -0.3 is 10.1 Å². The van der Waals surface area contributed by atoms with Crippen molar-refractivity contribution in [3.8, 4) is 0 Å². The number of amides is 1. The number of ketones is 1. The Morgan fingerprint density at radius 3 is 2.90 bits per heavy atom. The molecule has 1 N–H and O–H groups in total. The summed E-state index contributed by atoms with van der Waals surface area (Å²) in [5.41, 5.74) is 1.20. The molecule has 1 amide bonds. The number of carbonyl (C=O) groups is 2. The van der Waals surface area contributed by atoms with Crippen molar-refractivity contribution in [1.29, 1.82) is 0 Å². The molecule has 20 heavy (non-hydrogen) atoms. The van der Waals surface area contributed by atoms with Crippen LogP contribution in [0.5, 0.6) is 0 Å². The third kappa shape index (κ3) is 2.75. The Morgan fingerprint density at radius 1 is 1.45 bits per heavy atom. The molecule has 2 heterocycles. The molecule has 0 bridgehead atoms. The van der Waals surface area contributed by atoms with Crippen molar-refractivity contribution in [2.45, 2.75) is 31.8 Å². The van der Waals surface area contributed by atoms with E-state index in [9.17, 15) is 9.59 Å². The first-order valence-corrected chi connectivity index (χ1v) is 7.11. The molecular formula is C14H19N3O3. The van der Waals surface area contributed by atoms with E-state index in [-0.39, 0.29) is 30.3 Å². The summed E-state index contributed by atoms with van der Waals surface area (Å²) in [6, 6.07) is 0. The molecule has 3 rings (SSSR count). The van der Waals surface area contributed by atoms with Crippen LogP contribution in [-0.2, 0) is 16.6 Å². The SMILES string of the molecule is Cn1cc(C(=O)NCC(=O)C2CC2)c(C2CCCO2)n1. The third-order valence-corrected chi connectivity index (χ3v) is 3.79. The van der Waals surface area contributed by atoms with Crippen molar-refractivity contribution >= 4 is 11.7 Å². The largest absolute Gasteiger partial charge is 0.372 e. The van der Waals surface area contributed by atoms with Crippen molar-refractivity contribution in [1.82, 2.24) is 15.1 Å². The lowest BCUT2D eigenvalue weighted by Crippen LogP contribution is -2.30. The van der Waals surface area contributed by atoms with Gasteiger partial charge in [0.2, 0.25) is 0 Å². The lowest BCUT2D eigenvalue weighted by atomic mass is 10.1. The van der Waals surface area contributed by atoms with Gasteiger partial charge in [0.25, 0.3) is 5.91 Å². The number of nitrogens with zero attached hydrogens (tertiary/aromatic N) is 2. The molecule has 0 aromatic carbocycles. The first kappa shape index (κ1) is 13.3. The van der Waals surface area contributed by atoms with Gasteiger partial charge in [0, 0.05) is 25.8 Å². The monoisotopic (exact) mass is 277 g/mol. The Bertz CT molecular complexity index is 528. The number of aromatic nitrogens is 2. The van der Waals surface area contributed by atoms with E-state index in [0.29, 0.717) is 17.9 Å². The lowest BCUT2D eigenvalue weighted by molar-refractivity contribution is -0.119. The van der Waals surface area contributed by atoms with Gasteiger partial charge in [-0.05, 0) is 25.7 Å². The quantitative estimate of drug-likeness (QED) is 0.870. The van der Waals surface area contributed by atoms with Crippen molar-refractivity contribution in [3.63, 3.8) is 0 Å². The van der Waals surface area contributed by atoms with Crippen molar-refractivity contribution < 1.29 is 14.3 Å². The highest BCUT2D eigenvalue weighted by atomic mass is 16.5. The van der Waals surface area contributed by atoms with E-state index in [4.69, 9.17) is 4.74 Å². The van der Waals surface area contributed by atoms with E-state index in [0.717, 1.165) is 25.7 Å². The first-order valence-electron chi connectivity index (χ1n) is 7.11. The van der Waals surface area contributed by atoms with Crippen LogP contribution in [0.2, 0.25) is 0 Å². The van der Waals surface area contributed by atoms with Gasteiger partial charge in [-0.2, -0.15) is 5.10 Å². The van der Waals surface area contributed by atoms with E-state index in [2.05, 4.69) is 10.4 Å². The highest BCUT2D eigenvalue weighted by molar-refractivity contribution is 5.98. The fraction of sp³-hybridized carbons (Fsp3) is 0.643. The molecule has 1 aromatic heterocycles. The Balaban J connectivity index is 1.68. The summed E-state index contributed by atoms with van der Waals surface area (Å²) in [5, 5.41) is 7.03. The maximum atomic E-state index is 12.2. The molecule has 1 aliphatic carbocycles. The highest BCUT2D eigenvalue weighted by Gasteiger charge is 2.30. The standard InChI is InChI=1S/C14H19N3O3/c1-17-8-10(13(16-17)12-3-2-6-20-12)14(19)15-7-11(18)9-4-5-9/h8-9,12H,2-7H2,1H3,(H,15,19). The average molecular weight is 277 g/mol. The second kappa shape index (κ2) is 5.36. The minimum Gasteiger partial charge on any atom is -0.372 e. The van der Waals surface area contributed by atoms with E-state index in [1.807, 2.05) is 0 Å². The van der Waals surface area contributed by atoms with E-state index >= 15 is 0 Å². The summed E-state index contributed by atoms with van der Waals surface area (Å²) in [6.07, 6.45) is 5.39. The average Bonchev–Trinajstić information content (AvgIpc) is 2.99. The van der Waals surface area contributed by atoms with Gasteiger partial charge in [-0.3, -0.25) is 14.3 Å². The second-order valence-corrected chi connectivity index (χ2v) is 5.53. The number of aryl methyl sites for hydroxylation is 1. The molecule has 1 unspecified atom stereocenters. The summed E-state index contributed by atoms with van der Waals surface area (Å²) < 4.78 is 7.21. The summed E-state index contributed by atoms with van der Waals surface area (Å²) in [5.74, 6) is 0.0559. The van der Waals surface area contributed by atoms with Crippen LogP contribution in [0.25, 0.3) is 0 Å². The molecular weight excluding hydrogens is 258 g/mol. The van der Waals surface area contributed by atoms with Crippen LogP contribution >= 0.6 is 0 Å². The number of rotatable bonds is 5. The molecule has 1 saturated heterocycles. The minimum atomic E-state index is -0.238. The highest BCUT2D eigenvalue weighted by Crippen LogP contribution is 2.30. The summed E-state index contributed by atoms with van der Waals surface area (Å²) >= 11 is 0. The third-order valence-electron chi connectivity index (χ3n) is 3.79. The second-order valence-electron chi connectivity index (χ2n) is 5.53. The zero-order valence-electron chi connectivity index (χ0n) is 11.6. The van der Waals surface area contributed by atoms with E-state index in [1.54, 1.807) is 17.9 Å². The van der Waals surface area contributed by atoms with Crippen molar-refractivity contribution in [2.24, 2.45) is 13.0 Å². The van der Waals surface area contributed by atoms with Gasteiger partial charge in [-0.1, -0.05) is 0 Å². The van der Waals surface area contributed by atoms with Gasteiger partial charge >= 0.3 is 0 Å². The number of Topliss-reactive ketones (excluding diaryl/α,β-unsaturated/α-hetero) is 1. The molecule has 6 nitrogen and oxygen atoms in total. The van der Waals surface area contributed by atoms with Crippen molar-refractivity contribution in [2.75, 3.05) is 13.2 Å². The Morgan fingerprint density at radius 2 is 2.25 bits per heavy atom. The number of hydrogen-bond donors (Lipinski definition) is 1. The Labute approximate surface area is 117 Å². The number of nitrogens with one attached hydrogen (secondary N) is 1. The van der Waals surface area contributed by atoms with Crippen LogP contribution in [0.3, 0.4) is 0 Å². The van der Waals surface area contributed by atoms with Crippen LogP contribution < -0.4 is 5.32 Å². The predicted molar refractivity (Wildman–Crippen MR) is 71.2 cm³/mol. The maximum absolute atomic E-state index is 12.2. The molecule has 2 fully saturated rings. The Hall–Kier alpha value is -1.69. The fourth-order valence-electron chi connectivity index (χ4n) is 2.52. The molecule has 1 atom stereocenters. The molecule has 108 valence electrons. The molecule has 0 spiro atoms. The van der Waals surface area contributed by atoms with Gasteiger partial charge in [0.05, 0.1) is 12.1 Å². The summed E-state index contributed by atoms with van der Waals surface area (Å²) in [7, 11) is 1.78. The van der Waals surface area contributed by atoms with Gasteiger partial charge in [0.1, 0.15) is 11.8 Å². The van der Waals surface area contributed by atoms with E-state index in [1.165, 1.54) is 0 Å². The smallest absolute Gasteiger partial charge is 0.255 e. The van der Waals surface area contributed by atoms with Crippen LogP contribution in [0, 0.1) is 5.92 Å². The number of ether oxygens (including phenoxy) is 1. The van der Waals surface area contributed by atoms with E-state index < -0.39 is 0 Å². The summed E-state index contributed by atoms with van der Waals surface area (Å²) in [4.78, 5) is 23.8. The van der Waals surface area contributed by atoms with Gasteiger partial charge in [-0.25, -0.2) is 0 Å². The summed E-state index contributed by atoms with van der Waals surface area (Å²) in [6.45, 7) is 0.825. The normalized spacial score (nSPS) is 21.9. The van der Waals surface area contributed by atoms with Crippen LogP contribution in [-0.4, -0.2) is 34.6 Å². The van der Waals surface area contributed by atoms with Gasteiger partial charge in [-0.15, -0.1) is 0 Å². The fourth-order valence-corrected chi connectivity index (χ4v) is 2.52. The topological polar surface area (TPSA) is 73.2 Å². The molecule has 1 aromatic rings. The molecule has 6 heteroatoms. The minimum absolute atomic E-state index is 0.101. The maximum Gasteiger partial charge on any atom is 0.255 e. The molecule has 1 aliphatic heterocycles. The zero-order chi connectivity index (χ0) is 14.1. The zero-order valence-corrected chi connectivity index (χ0v) is 11.6. The lowest BCUT2D eigenvalue weighted by Gasteiger charge is -2.09. The van der Waals surface area contributed by atoms with Crippen LogP contribution in [0.4, 0.5) is 0 Å². The van der Waals surface area contributed by atoms with Crippen LogP contribution in [0.15, 0.2) is 6.20 Å². The van der Waals surface area contributed by atoms with Gasteiger partial charge in [0.15, 0.2) is 5.78 Å². The number of hydrogen-bond acceptors (Lipinski definition) is 4. The molecule has 1 saturated carbocycles. The Kier molecular flexibility index (Phi) is 3.56. The predicted octanol–water partition coefficient (Wildman–Crippen LogP) is 0.980. The number of carbonyl (C=O) groups excluding carboxylic acids is 2.